The monoisotopic (exact) mass is 246 g/mol. The SMILES string of the molecule is CC(C)NS(=O)(=O)c1cc(CN)ccc1F. The van der Waals surface area contributed by atoms with E-state index in [9.17, 15) is 12.8 Å². The maximum absolute atomic E-state index is 13.4. The largest absolute Gasteiger partial charge is 0.326 e. The standard InChI is InChI=1S/C10H15FN2O2S/c1-7(2)13-16(14,15)10-5-8(6-12)3-4-9(10)11/h3-5,7,13H,6,12H2,1-2H3. The Morgan fingerprint density at radius 3 is 2.56 bits per heavy atom. The summed E-state index contributed by atoms with van der Waals surface area (Å²) in [5, 5.41) is 0. The van der Waals surface area contributed by atoms with Crippen molar-refractivity contribution in [3.8, 4) is 0 Å². The Balaban J connectivity index is 3.21. The fourth-order valence-electron chi connectivity index (χ4n) is 1.25. The lowest BCUT2D eigenvalue weighted by Crippen LogP contribution is -2.31. The first kappa shape index (κ1) is 13.1. The molecule has 0 radical (unpaired) electrons. The van der Waals surface area contributed by atoms with Gasteiger partial charge in [0.25, 0.3) is 0 Å². The van der Waals surface area contributed by atoms with E-state index in [0.29, 0.717) is 5.56 Å². The molecule has 4 nitrogen and oxygen atoms in total. The van der Waals surface area contributed by atoms with Crippen molar-refractivity contribution >= 4 is 10.0 Å². The van der Waals surface area contributed by atoms with E-state index in [4.69, 9.17) is 5.73 Å². The van der Waals surface area contributed by atoms with Crippen LogP contribution >= 0.6 is 0 Å². The normalized spacial score (nSPS) is 12.1. The van der Waals surface area contributed by atoms with Crippen LogP contribution in [-0.2, 0) is 16.6 Å². The molecule has 0 bridgehead atoms. The first-order valence-electron chi connectivity index (χ1n) is 4.87. The van der Waals surface area contributed by atoms with Gasteiger partial charge in [0.2, 0.25) is 10.0 Å². The van der Waals surface area contributed by atoms with Gasteiger partial charge in [0.1, 0.15) is 10.7 Å². The van der Waals surface area contributed by atoms with E-state index in [1.807, 2.05) is 0 Å². The van der Waals surface area contributed by atoms with Crippen LogP contribution < -0.4 is 10.5 Å². The smallest absolute Gasteiger partial charge is 0.243 e. The van der Waals surface area contributed by atoms with Crippen molar-refractivity contribution in [1.29, 1.82) is 0 Å². The van der Waals surface area contributed by atoms with Gasteiger partial charge in [-0.3, -0.25) is 0 Å². The predicted molar refractivity (Wildman–Crippen MR) is 59.7 cm³/mol. The van der Waals surface area contributed by atoms with Crippen LogP contribution in [0.2, 0.25) is 0 Å². The number of sulfonamides is 1. The lowest BCUT2D eigenvalue weighted by Gasteiger charge is -2.11. The third-order valence-electron chi connectivity index (χ3n) is 1.91. The molecule has 3 N–H and O–H groups in total. The van der Waals surface area contributed by atoms with Gasteiger partial charge in [-0.25, -0.2) is 17.5 Å². The molecule has 0 fully saturated rings. The molecular formula is C10H15FN2O2S. The van der Waals surface area contributed by atoms with Crippen LogP contribution in [0.25, 0.3) is 0 Å². The molecule has 0 aliphatic rings. The molecule has 16 heavy (non-hydrogen) atoms. The molecule has 0 saturated heterocycles. The predicted octanol–water partition coefficient (Wildman–Crippen LogP) is 0.971. The zero-order chi connectivity index (χ0) is 12.3. The van der Waals surface area contributed by atoms with Crippen molar-refractivity contribution in [2.75, 3.05) is 0 Å². The van der Waals surface area contributed by atoms with E-state index >= 15 is 0 Å². The highest BCUT2D eigenvalue weighted by molar-refractivity contribution is 7.89. The van der Waals surface area contributed by atoms with E-state index in [2.05, 4.69) is 4.72 Å². The Hall–Kier alpha value is -0.980. The summed E-state index contributed by atoms with van der Waals surface area (Å²) >= 11 is 0. The number of rotatable bonds is 4. The summed E-state index contributed by atoms with van der Waals surface area (Å²) in [5.74, 6) is -0.773. The van der Waals surface area contributed by atoms with Gasteiger partial charge in [0, 0.05) is 12.6 Å². The summed E-state index contributed by atoms with van der Waals surface area (Å²) in [6, 6.07) is 3.53. The summed E-state index contributed by atoms with van der Waals surface area (Å²) in [6.45, 7) is 3.51. The Morgan fingerprint density at radius 1 is 1.44 bits per heavy atom. The fourth-order valence-corrected chi connectivity index (χ4v) is 2.63. The van der Waals surface area contributed by atoms with Gasteiger partial charge < -0.3 is 5.73 Å². The summed E-state index contributed by atoms with van der Waals surface area (Å²) in [7, 11) is -3.80. The summed E-state index contributed by atoms with van der Waals surface area (Å²) < 4.78 is 39.2. The molecule has 0 saturated carbocycles. The van der Waals surface area contributed by atoms with Gasteiger partial charge in [0.15, 0.2) is 0 Å². The zero-order valence-corrected chi connectivity index (χ0v) is 10.0. The second kappa shape index (κ2) is 4.90. The van der Waals surface area contributed by atoms with Gasteiger partial charge in [-0.2, -0.15) is 0 Å². The van der Waals surface area contributed by atoms with E-state index in [-0.39, 0.29) is 17.5 Å². The lowest BCUT2D eigenvalue weighted by molar-refractivity contribution is 0.548. The van der Waals surface area contributed by atoms with Crippen molar-refractivity contribution in [2.45, 2.75) is 31.3 Å². The maximum atomic E-state index is 13.4. The molecule has 0 aliphatic heterocycles. The molecular weight excluding hydrogens is 231 g/mol. The maximum Gasteiger partial charge on any atom is 0.243 e. The number of hydrogen-bond donors (Lipinski definition) is 2. The van der Waals surface area contributed by atoms with Crippen LogP contribution in [0.5, 0.6) is 0 Å². The minimum absolute atomic E-state index is 0.171. The van der Waals surface area contributed by atoms with Crippen molar-refractivity contribution in [3.63, 3.8) is 0 Å². The van der Waals surface area contributed by atoms with Gasteiger partial charge in [0.05, 0.1) is 0 Å². The minimum atomic E-state index is -3.80. The van der Waals surface area contributed by atoms with Crippen molar-refractivity contribution in [1.82, 2.24) is 4.72 Å². The van der Waals surface area contributed by atoms with Crippen LogP contribution in [0, 0.1) is 5.82 Å². The third kappa shape index (κ3) is 3.01. The van der Waals surface area contributed by atoms with Crippen molar-refractivity contribution in [3.05, 3.63) is 29.6 Å². The molecule has 0 aromatic heterocycles. The highest BCUT2D eigenvalue weighted by atomic mass is 32.2. The number of benzene rings is 1. The van der Waals surface area contributed by atoms with Crippen molar-refractivity contribution < 1.29 is 12.8 Å². The molecule has 0 unspecified atom stereocenters. The molecule has 1 aromatic rings. The van der Waals surface area contributed by atoms with Crippen LogP contribution in [0.4, 0.5) is 4.39 Å². The molecule has 0 amide bonds. The van der Waals surface area contributed by atoms with Crippen LogP contribution in [0.15, 0.2) is 23.1 Å². The van der Waals surface area contributed by atoms with Crippen molar-refractivity contribution in [2.24, 2.45) is 5.73 Å². The summed E-state index contributed by atoms with van der Waals surface area (Å²) in [5.41, 5.74) is 5.95. The van der Waals surface area contributed by atoms with Gasteiger partial charge in [-0.15, -0.1) is 0 Å². The topological polar surface area (TPSA) is 72.2 Å². The van der Waals surface area contributed by atoms with Crippen LogP contribution in [0.3, 0.4) is 0 Å². The molecule has 1 aromatic carbocycles. The Labute approximate surface area is 94.7 Å². The fraction of sp³-hybridized carbons (Fsp3) is 0.400. The third-order valence-corrected chi connectivity index (χ3v) is 3.59. The van der Waals surface area contributed by atoms with Gasteiger partial charge in [-0.1, -0.05) is 6.07 Å². The average molecular weight is 246 g/mol. The zero-order valence-electron chi connectivity index (χ0n) is 9.20. The molecule has 1 rings (SSSR count). The first-order chi connectivity index (χ1) is 7.36. The first-order valence-corrected chi connectivity index (χ1v) is 6.36. The highest BCUT2D eigenvalue weighted by Crippen LogP contribution is 2.16. The molecule has 0 spiro atoms. The van der Waals surface area contributed by atoms with E-state index in [0.717, 1.165) is 6.07 Å². The number of nitrogens with one attached hydrogen (secondary N) is 1. The van der Waals surface area contributed by atoms with Crippen LogP contribution in [0.1, 0.15) is 19.4 Å². The molecule has 6 heteroatoms. The quantitative estimate of drug-likeness (QED) is 0.831. The van der Waals surface area contributed by atoms with Gasteiger partial charge in [-0.05, 0) is 31.5 Å². The van der Waals surface area contributed by atoms with Gasteiger partial charge >= 0.3 is 0 Å². The second-order valence-electron chi connectivity index (χ2n) is 3.74. The summed E-state index contributed by atoms with van der Waals surface area (Å²) in [4.78, 5) is -0.357. The number of hydrogen-bond acceptors (Lipinski definition) is 3. The molecule has 0 atom stereocenters. The molecule has 0 heterocycles. The minimum Gasteiger partial charge on any atom is -0.326 e. The number of halogens is 1. The average Bonchev–Trinajstić information content (AvgIpc) is 2.16. The Bertz CT molecular complexity index is 472. The van der Waals surface area contributed by atoms with E-state index in [1.165, 1.54) is 12.1 Å². The lowest BCUT2D eigenvalue weighted by atomic mass is 10.2. The number of nitrogens with two attached hydrogens (primary N) is 1. The summed E-state index contributed by atoms with van der Waals surface area (Å²) in [6.07, 6.45) is 0. The van der Waals surface area contributed by atoms with E-state index < -0.39 is 15.8 Å². The second-order valence-corrected chi connectivity index (χ2v) is 5.43. The molecule has 90 valence electrons. The Kier molecular flexibility index (Phi) is 4.01. The Morgan fingerprint density at radius 2 is 2.06 bits per heavy atom. The van der Waals surface area contributed by atoms with Crippen LogP contribution in [-0.4, -0.2) is 14.5 Å². The molecule has 0 aliphatic carbocycles. The van der Waals surface area contributed by atoms with E-state index in [1.54, 1.807) is 13.8 Å². The highest BCUT2D eigenvalue weighted by Gasteiger charge is 2.20.